The predicted octanol–water partition coefficient (Wildman–Crippen LogP) is 3.59. The summed E-state index contributed by atoms with van der Waals surface area (Å²) in [6, 6.07) is 8.21. The monoisotopic (exact) mass is 250 g/mol. The van der Waals surface area contributed by atoms with Crippen molar-refractivity contribution in [3.63, 3.8) is 0 Å². The standard InChI is InChI=1S/C16H26O2/c1-11(2)9-13-7-6-8-14(10-13)15(17)16(18-5)12(3)4/h6-8,10-12,15-17H,9H2,1-5H3. The summed E-state index contributed by atoms with van der Waals surface area (Å²) >= 11 is 0. The Hall–Kier alpha value is -0.860. The van der Waals surface area contributed by atoms with E-state index in [1.54, 1.807) is 7.11 Å². The number of benzene rings is 1. The zero-order valence-electron chi connectivity index (χ0n) is 12.2. The van der Waals surface area contributed by atoms with Gasteiger partial charge in [-0.3, -0.25) is 0 Å². The molecule has 0 bridgehead atoms. The molecule has 0 saturated carbocycles. The summed E-state index contributed by atoms with van der Waals surface area (Å²) in [5.74, 6) is 0.916. The second-order valence-corrected chi connectivity index (χ2v) is 5.73. The normalized spacial score (nSPS) is 15.1. The van der Waals surface area contributed by atoms with E-state index in [2.05, 4.69) is 39.8 Å². The van der Waals surface area contributed by atoms with Crippen molar-refractivity contribution in [3.05, 3.63) is 35.4 Å². The van der Waals surface area contributed by atoms with Crippen molar-refractivity contribution in [2.45, 2.75) is 46.3 Å². The summed E-state index contributed by atoms with van der Waals surface area (Å²) in [6.07, 6.45) is 0.335. The number of ether oxygens (including phenoxy) is 1. The number of aliphatic hydroxyl groups excluding tert-OH is 1. The van der Waals surface area contributed by atoms with Crippen molar-refractivity contribution in [1.29, 1.82) is 0 Å². The Kier molecular flexibility index (Phi) is 5.83. The van der Waals surface area contributed by atoms with Gasteiger partial charge in [0, 0.05) is 7.11 Å². The molecular weight excluding hydrogens is 224 g/mol. The van der Waals surface area contributed by atoms with Gasteiger partial charge in [-0.25, -0.2) is 0 Å². The molecule has 0 saturated heterocycles. The first-order valence-corrected chi connectivity index (χ1v) is 6.75. The highest BCUT2D eigenvalue weighted by Crippen LogP contribution is 2.25. The molecule has 0 spiro atoms. The van der Waals surface area contributed by atoms with Gasteiger partial charge in [-0.15, -0.1) is 0 Å². The van der Waals surface area contributed by atoms with Crippen LogP contribution < -0.4 is 0 Å². The van der Waals surface area contributed by atoms with Gasteiger partial charge < -0.3 is 9.84 Å². The first-order valence-electron chi connectivity index (χ1n) is 6.75. The van der Waals surface area contributed by atoms with Gasteiger partial charge in [0.25, 0.3) is 0 Å². The average Bonchev–Trinajstić information content (AvgIpc) is 2.28. The summed E-state index contributed by atoms with van der Waals surface area (Å²) in [4.78, 5) is 0. The molecule has 2 heteroatoms. The average molecular weight is 250 g/mol. The maximum atomic E-state index is 10.4. The highest BCUT2D eigenvalue weighted by Gasteiger charge is 2.23. The number of rotatable bonds is 6. The SMILES string of the molecule is COC(C(C)C)C(O)c1cccc(CC(C)C)c1. The lowest BCUT2D eigenvalue weighted by molar-refractivity contribution is -0.0391. The molecule has 1 aromatic rings. The molecule has 1 rings (SSSR count). The summed E-state index contributed by atoms with van der Waals surface area (Å²) in [6.45, 7) is 8.54. The predicted molar refractivity (Wildman–Crippen MR) is 75.6 cm³/mol. The molecule has 0 aliphatic heterocycles. The molecule has 0 radical (unpaired) electrons. The van der Waals surface area contributed by atoms with Crippen LogP contribution >= 0.6 is 0 Å². The van der Waals surface area contributed by atoms with E-state index in [0.29, 0.717) is 11.8 Å². The van der Waals surface area contributed by atoms with E-state index in [-0.39, 0.29) is 6.10 Å². The Balaban J connectivity index is 2.88. The molecule has 2 unspecified atom stereocenters. The van der Waals surface area contributed by atoms with E-state index in [1.807, 2.05) is 12.1 Å². The van der Waals surface area contributed by atoms with Gasteiger partial charge >= 0.3 is 0 Å². The summed E-state index contributed by atoms with van der Waals surface area (Å²) < 4.78 is 5.40. The van der Waals surface area contributed by atoms with E-state index in [9.17, 15) is 5.11 Å². The second-order valence-electron chi connectivity index (χ2n) is 5.73. The molecule has 2 nitrogen and oxygen atoms in total. The molecule has 102 valence electrons. The van der Waals surface area contributed by atoms with Crippen LogP contribution in [0.1, 0.15) is 44.9 Å². The Morgan fingerprint density at radius 1 is 1.17 bits per heavy atom. The minimum atomic E-state index is -0.554. The molecule has 1 N–H and O–H groups in total. The van der Waals surface area contributed by atoms with Crippen molar-refractivity contribution in [3.8, 4) is 0 Å². The molecule has 0 fully saturated rings. The highest BCUT2D eigenvalue weighted by atomic mass is 16.5. The van der Waals surface area contributed by atoms with Crippen LogP contribution in [0.25, 0.3) is 0 Å². The van der Waals surface area contributed by atoms with Crippen molar-refractivity contribution < 1.29 is 9.84 Å². The second kappa shape index (κ2) is 6.91. The van der Waals surface area contributed by atoms with E-state index < -0.39 is 6.10 Å². The van der Waals surface area contributed by atoms with Crippen LogP contribution in [-0.2, 0) is 11.2 Å². The summed E-state index contributed by atoms with van der Waals surface area (Å²) in [5.41, 5.74) is 2.23. The molecule has 1 aromatic carbocycles. The van der Waals surface area contributed by atoms with Crippen LogP contribution in [0.15, 0.2) is 24.3 Å². The van der Waals surface area contributed by atoms with Gasteiger partial charge in [0.2, 0.25) is 0 Å². The molecule has 0 amide bonds. The van der Waals surface area contributed by atoms with Gasteiger partial charge in [-0.05, 0) is 29.4 Å². The van der Waals surface area contributed by atoms with E-state index in [4.69, 9.17) is 4.74 Å². The van der Waals surface area contributed by atoms with Gasteiger partial charge in [0.1, 0.15) is 6.10 Å². The van der Waals surface area contributed by atoms with Crippen LogP contribution in [0.3, 0.4) is 0 Å². The van der Waals surface area contributed by atoms with Crippen molar-refractivity contribution in [1.82, 2.24) is 0 Å². The molecule has 0 aliphatic carbocycles. The zero-order chi connectivity index (χ0) is 13.7. The first kappa shape index (κ1) is 15.2. The maximum Gasteiger partial charge on any atom is 0.105 e. The lowest BCUT2D eigenvalue weighted by atomic mass is 9.93. The lowest BCUT2D eigenvalue weighted by Gasteiger charge is -2.25. The zero-order valence-corrected chi connectivity index (χ0v) is 12.2. The smallest absolute Gasteiger partial charge is 0.105 e. The first-order chi connectivity index (χ1) is 8.45. The molecule has 0 heterocycles. The fourth-order valence-corrected chi connectivity index (χ4v) is 2.33. The highest BCUT2D eigenvalue weighted by molar-refractivity contribution is 5.26. The van der Waals surface area contributed by atoms with Crippen LogP contribution in [0.2, 0.25) is 0 Å². The number of hydrogen-bond acceptors (Lipinski definition) is 2. The third-order valence-corrected chi connectivity index (χ3v) is 3.18. The molecule has 18 heavy (non-hydrogen) atoms. The lowest BCUT2D eigenvalue weighted by Crippen LogP contribution is -2.26. The largest absolute Gasteiger partial charge is 0.386 e. The fourth-order valence-electron chi connectivity index (χ4n) is 2.33. The van der Waals surface area contributed by atoms with E-state index >= 15 is 0 Å². The van der Waals surface area contributed by atoms with Gasteiger partial charge in [0.15, 0.2) is 0 Å². The quantitative estimate of drug-likeness (QED) is 0.836. The Morgan fingerprint density at radius 2 is 1.83 bits per heavy atom. The summed E-state index contributed by atoms with van der Waals surface area (Å²) in [5, 5.41) is 10.4. The van der Waals surface area contributed by atoms with Crippen molar-refractivity contribution in [2.24, 2.45) is 11.8 Å². The van der Waals surface area contributed by atoms with E-state index in [1.165, 1.54) is 5.56 Å². The number of hydrogen-bond donors (Lipinski definition) is 1. The van der Waals surface area contributed by atoms with Crippen LogP contribution in [-0.4, -0.2) is 18.3 Å². The number of aliphatic hydroxyl groups is 1. The third-order valence-electron chi connectivity index (χ3n) is 3.18. The molecule has 0 aromatic heterocycles. The molecule has 2 atom stereocenters. The fraction of sp³-hybridized carbons (Fsp3) is 0.625. The molecule has 0 aliphatic rings. The topological polar surface area (TPSA) is 29.5 Å². The van der Waals surface area contributed by atoms with E-state index in [0.717, 1.165) is 12.0 Å². The Bertz CT molecular complexity index is 358. The summed E-state index contributed by atoms with van der Waals surface area (Å²) in [7, 11) is 1.66. The number of methoxy groups -OCH3 is 1. The minimum absolute atomic E-state index is 0.153. The Labute approximate surface area is 111 Å². The Morgan fingerprint density at radius 3 is 2.33 bits per heavy atom. The van der Waals surface area contributed by atoms with Crippen LogP contribution in [0.5, 0.6) is 0 Å². The van der Waals surface area contributed by atoms with Gasteiger partial charge in [-0.1, -0.05) is 52.0 Å². The van der Waals surface area contributed by atoms with Gasteiger partial charge in [0.05, 0.1) is 6.10 Å². The minimum Gasteiger partial charge on any atom is -0.386 e. The van der Waals surface area contributed by atoms with Crippen molar-refractivity contribution >= 4 is 0 Å². The van der Waals surface area contributed by atoms with Crippen LogP contribution in [0, 0.1) is 11.8 Å². The third kappa shape index (κ3) is 4.11. The molecular formula is C16H26O2. The van der Waals surface area contributed by atoms with Crippen LogP contribution in [0.4, 0.5) is 0 Å². The van der Waals surface area contributed by atoms with Crippen molar-refractivity contribution in [2.75, 3.05) is 7.11 Å². The maximum absolute atomic E-state index is 10.4. The van der Waals surface area contributed by atoms with Gasteiger partial charge in [-0.2, -0.15) is 0 Å².